The second-order valence-corrected chi connectivity index (χ2v) is 11.0. The number of carbonyl (C=O) groups is 3. The number of nitrogens with zero attached hydrogens (tertiary/aromatic N) is 3. The van der Waals surface area contributed by atoms with Gasteiger partial charge in [-0.1, -0.05) is 23.7 Å². The number of aromatic nitrogens is 2. The van der Waals surface area contributed by atoms with Crippen LogP contribution in [0.2, 0.25) is 5.02 Å². The van der Waals surface area contributed by atoms with Crippen molar-refractivity contribution in [1.29, 1.82) is 0 Å². The number of carbonyl (C=O) groups excluding carboxylic acids is 3. The molecule has 1 fully saturated rings. The molecule has 2 aromatic carbocycles. The van der Waals surface area contributed by atoms with Gasteiger partial charge < -0.3 is 25.8 Å². The van der Waals surface area contributed by atoms with Gasteiger partial charge in [-0.25, -0.2) is 9.18 Å². The van der Waals surface area contributed by atoms with E-state index in [9.17, 15) is 23.9 Å². The number of rotatable bonds is 9. The summed E-state index contributed by atoms with van der Waals surface area (Å²) < 4.78 is 20.8. The molecule has 13 heteroatoms. The topological polar surface area (TPSA) is 152 Å². The molecule has 1 aliphatic rings. The number of nitrogens with one attached hydrogen (secondary N) is 2. The Balaban J connectivity index is 1.50. The largest absolute Gasteiger partial charge is 0.444 e. The van der Waals surface area contributed by atoms with E-state index in [0.717, 1.165) is 12.8 Å². The highest BCUT2D eigenvalue weighted by atomic mass is 35.5. The number of aliphatic hydroxyl groups is 1. The molecule has 5 N–H and O–H groups in total. The lowest BCUT2D eigenvalue weighted by molar-refractivity contribution is -0.137. The average molecular weight is 575 g/mol. The first-order valence-corrected chi connectivity index (χ1v) is 13.1. The van der Waals surface area contributed by atoms with Gasteiger partial charge in [0.15, 0.2) is 0 Å². The van der Waals surface area contributed by atoms with Gasteiger partial charge in [-0.2, -0.15) is 5.10 Å². The van der Waals surface area contributed by atoms with Crippen LogP contribution in [0, 0.1) is 5.82 Å². The van der Waals surface area contributed by atoms with Gasteiger partial charge in [0.05, 0.1) is 17.1 Å². The van der Waals surface area contributed by atoms with Gasteiger partial charge in [-0.05, 0) is 57.9 Å². The lowest BCUT2D eigenvalue weighted by Crippen LogP contribution is -2.43. The van der Waals surface area contributed by atoms with Crippen LogP contribution in [0.1, 0.15) is 51.1 Å². The Morgan fingerprint density at radius 2 is 2.00 bits per heavy atom. The van der Waals surface area contributed by atoms with Crippen LogP contribution in [0.15, 0.2) is 36.4 Å². The number of ether oxygens (including phenoxy) is 1. The van der Waals surface area contributed by atoms with Crippen LogP contribution in [0.5, 0.6) is 0 Å². The summed E-state index contributed by atoms with van der Waals surface area (Å²) >= 11 is 5.81. The van der Waals surface area contributed by atoms with Gasteiger partial charge in [0.2, 0.25) is 11.8 Å². The molecular formula is C27H32ClFN6O5. The number of aliphatic hydroxyl groups excluding tert-OH is 1. The maximum absolute atomic E-state index is 14.2. The predicted molar refractivity (Wildman–Crippen MR) is 147 cm³/mol. The SMILES string of the molecule is CC(C)(C)OC(=O)Nc1ccc2c(C(N)O)nn(CC(=O)N(CC(=O)NCc3cccc(Cl)c3F)C3CC3)c2c1. The van der Waals surface area contributed by atoms with Crippen LogP contribution in [-0.2, 0) is 27.4 Å². The van der Waals surface area contributed by atoms with Crippen molar-refractivity contribution in [3.05, 3.63) is 58.5 Å². The van der Waals surface area contributed by atoms with E-state index in [1.165, 1.54) is 21.7 Å². The minimum atomic E-state index is -1.40. The standard InChI is InChI=1S/C27H32ClFN6O5/c1-27(2,3)40-26(39)32-16-7-10-18-20(11-16)35(33-24(18)25(30)38)14-22(37)34(17-8-9-17)13-21(36)31-12-15-5-4-6-19(28)23(15)29/h4-7,10-11,17,25,38H,8-9,12-14,30H2,1-3H3,(H,31,36)(H,32,39). The summed E-state index contributed by atoms with van der Waals surface area (Å²) in [5, 5.41) is 20.1. The summed E-state index contributed by atoms with van der Waals surface area (Å²) in [5.74, 6) is -1.44. The van der Waals surface area contributed by atoms with Crippen molar-refractivity contribution < 1.29 is 28.6 Å². The molecule has 3 aromatic rings. The molecule has 4 rings (SSSR count). The van der Waals surface area contributed by atoms with Crippen molar-refractivity contribution >= 4 is 46.1 Å². The fourth-order valence-electron chi connectivity index (χ4n) is 4.15. The van der Waals surface area contributed by atoms with E-state index in [1.807, 2.05) is 0 Å². The van der Waals surface area contributed by atoms with Gasteiger partial charge >= 0.3 is 6.09 Å². The van der Waals surface area contributed by atoms with Gasteiger partial charge in [-0.3, -0.25) is 19.6 Å². The van der Waals surface area contributed by atoms with E-state index in [-0.39, 0.29) is 47.9 Å². The van der Waals surface area contributed by atoms with Gasteiger partial charge in [0.1, 0.15) is 29.9 Å². The minimum Gasteiger partial charge on any atom is -0.444 e. The number of halogens is 2. The second-order valence-electron chi connectivity index (χ2n) is 10.6. The Hall–Kier alpha value is -3.74. The molecule has 11 nitrogen and oxygen atoms in total. The van der Waals surface area contributed by atoms with Crippen molar-refractivity contribution in [2.24, 2.45) is 5.73 Å². The summed E-state index contributed by atoms with van der Waals surface area (Å²) in [6, 6.07) is 9.25. The Morgan fingerprint density at radius 1 is 1.27 bits per heavy atom. The van der Waals surface area contributed by atoms with Crippen LogP contribution in [0.25, 0.3) is 10.9 Å². The zero-order valence-electron chi connectivity index (χ0n) is 22.4. The van der Waals surface area contributed by atoms with Crippen molar-refractivity contribution in [3.63, 3.8) is 0 Å². The minimum absolute atomic E-state index is 0.0422. The Labute approximate surface area is 235 Å². The van der Waals surface area contributed by atoms with E-state index in [4.69, 9.17) is 22.1 Å². The number of benzene rings is 2. The Bertz CT molecular complexity index is 1430. The molecule has 214 valence electrons. The molecule has 3 amide bonds. The first kappa shape index (κ1) is 29.2. The number of amides is 3. The molecule has 0 spiro atoms. The number of hydrogen-bond donors (Lipinski definition) is 4. The lowest BCUT2D eigenvalue weighted by Gasteiger charge is -2.22. The average Bonchev–Trinajstić information content (AvgIpc) is 3.64. The zero-order chi connectivity index (χ0) is 29.2. The third-order valence-corrected chi connectivity index (χ3v) is 6.41. The summed E-state index contributed by atoms with van der Waals surface area (Å²) in [6.45, 7) is 4.69. The third-order valence-electron chi connectivity index (χ3n) is 6.12. The van der Waals surface area contributed by atoms with Crippen LogP contribution < -0.4 is 16.4 Å². The molecule has 1 atom stereocenters. The normalized spacial score (nSPS) is 14.1. The van der Waals surface area contributed by atoms with Crippen LogP contribution in [0.3, 0.4) is 0 Å². The van der Waals surface area contributed by atoms with E-state index >= 15 is 0 Å². The summed E-state index contributed by atoms with van der Waals surface area (Å²) in [5.41, 5.74) is 6.23. The van der Waals surface area contributed by atoms with Crippen LogP contribution >= 0.6 is 11.6 Å². The molecule has 40 heavy (non-hydrogen) atoms. The summed E-state index contributed by atoms with van der Waals surface area (Å²) in [6.07, 6.45) is -0.561. The number of fused-ring (bicyclic) bond motifs is 1. The first-order chi connectivity index (χ1) is 18.8. The molecule has 1 aromatic heterocycles. The molecule has 1 saturated carbocycles. The molecule has 0 bridgehead atoms. The smallest absolute Gasteiger partial charge is 0.412 e. The highest BCUT2D eigenvalue weighted by Gasteiger charge is 2.34. The van der Waals surface area contributed by atoms with E-state index in [2.05, 4.69) is 15.7 Å². The quantitative estimate of drug-likeness (QED) is 0.286. The molecule has 1 heterocycles. The van der Waals surface area contributed by atoms with E-state index in [0.29, 0.717) is 16.6 Å². The van der Waals surface area contributed by atoms with Crippen molar-refractivity contribution in [2.75, 3.05) is 11.9 Å². The van der Waals surface area contributed by atoms with E-state index in [1.54, 1.807) is 45.0 Å². The molecule has 0 aliphatic heterocycles. The molecule has 1 aliphatic carbocycles. The van der Waals surface area contributed by atoms with Gasteiger partial charge in [0.25, 0.3) is 0 Å². The maximum Gasteiger partial charge on any atom is 0.412 e. The Morgan fingerprint density at radius 3 is 2.65 bits per heavy atom. The molecule has 0 radical (unpaired) electrons. The van der Waals surface area contributed by atoms with Crippen LogP contribution in [0.4, 0.5) is 14.9 Å². The van der Waals surface area contributed by atoms with Gasteiger partial charge in [-0.15, -0.1) is 0 Å². The molecule has 0 saturated heterocycles. The summed E-state index contributed by atoms with van der Waals surface area (Å²) in [4.78, 5) is 39.8. The van der Waals surface area contributed by atoms with Crippen molar-refractivity contribution in [1.82, 2.24) is 20.0 Å². The zero-order valence-corrected chi connectivity index (χ0v) is 23.2. The highest BCUT2D eigenvalue weighted by Crippen LogP contribution is 2.29. The molecular weight excluding hydrogens is 543 g/mol. The number of nitrogens with two attached hydrogens (primary N) is 1. The third kappa shape index (κ3) is 7.26. The fourth-order valence-corrected chi connectivity index (χ4v) is 4.35. The van der Waals surface area contributed by atoms with Gasteiger partial charge in [0, 0.05) is 29.2 Å². The second kappa shape index (κ2) is 11.8. The monoisotopic (exact) mass is 574 g/mol. The first-order valence-electron chi connectivity index (χ1n) is 12.8. The maximum atomic E-state index is 14.2. The van der Waals surface area contributed by atoms with Crippen molar-refractivity contribution in [3.8, 4) is 0 Å². The fraction of sp³-hybridized carbons (Fsp3) is 0.407. The molecule has 1 unspecified atom stereocenters. The van der Waals surface area contributed by atoms with E-state index < -0.39 is 29.6 Å². The predicted octanol–water partition coefficient (Wildman–Crippen LogP) is 3.43. The highest BCUT2D eigenvalue weighted by molar-refractivity contribution is 6.30. The number of anilines is 1. The van der Waals surface area contributed by atoms with Crippen molar-refractivity contribution in [2.45, 2.75) is 64.6 Å². The summed E-state index contributed by atoms with van der Waals surface area (Å²) in [7, 11) is 0. The Kier molecular flexibility index (Phi) is 8.62. The van der Waals surface area contributed by atoms with Crippen LogP contribution in [-0.4, -0.2) is 55.9 Å². The number of hydrogen-bond acceptors (Lipinski definition) is 7. The lowest BCUT2D eigenvalue weighted by atomic mass is 10.1.